The minimum Gasteiger partial charge on any atom is -0.453 e. The van der Waals surface area contributed by atoms with Gasteiger partial charge in [0.05, 0.1) is 33.1 Å². The largest absolute Gasteiger partial charge is 0.453 e. The molecule has 4 heterocycles. The van der Waals surface area contributed by atoms with Gasteiger partial charge in [0.2, 0.25) is 0 Å². The van der Waals surface area contributed by atoms with Crippen LogP contribution in [0.4, 0.5) is 0 Å². The van der Waals surface area contributed by atoms with Gasteiger partial charge in [-0.2, -0.15) is 0 Å². The molecule has 14 rings (SSSR count). The highest BCUT2D eigenvalue weighted by atomic mass is 16.3. The van der Waals surface area contributed by atoms with Crippen LogP contribution in [-0.2, 0) is 0 Å². The van der Waals surface area contributed by atoms with Crippen molar-refractivity contribution in [3.63, 3.8) is 0 Å². The van der Waals surface area contributed by atoms with Crippen LogP contribution in [0.15, 0.2) is 241 Å². The summed E-state index contributed by atoms with van der Waals surface area (Å²) in [6, 6.07) is 81.9. The second-order valence-electron chi connectivity index (χ2n) is 17.9. The summed E-state index contributed by atoms with van der Waals surface area (Å²) in [4.78, 5) is 14.9. The second-order valence-corrected chi connectivity index (χ2v) is 17.9. The van der Waals surface area contributed by atoms with Gasteiger partial charge < -0.3 is 13.6 Å². The van der Waals surface area contributed by atoms with Crippen molar-refractivity contribution >= 4 is 65.6 Å². The van der Waals surface area contributed by atoms with E-state index in [-0.39, 0.29) is 0 Å². The molecule has 14 aromatic rings. The van der Waals surface area contributed by atoms with Crippen molar-refractivity contribution in [2.24, 2.45) is 0 Å². The van der Waals surface area contributed by atoms with E-state index in [9.17, 15) is 5.41 Å². The number of hydrogen-bond donors (Lipinski definition) is 1. The highest BCUT2D eigenvalue weighted by Gasteiger charge is 2.21. The van der Waals surface area contributed by atoms with Gasteiger partial charge >= 0.3 is 0 Å². The molecule has 0 saturated heterocycles. The average Bonchev–Trinajstić information content (AvgIpc) is 3.96. The molecule has 4 aromatic heterocycles. The summed E-state index contributed by atoms with van der Waals surface area (Å²) in [7, 11) is 0. The lowest BCUT2D eigenvalue weighted by atomic mass is 9.99. The number of nitrogens with one attached hydrogen (secondary N) is 1. The molecule has 0 aliphatic heterocycles. The summed E-state index contributed by atoms with van der Waals surface area (Å²) >= 11 is 0. The molecule has 0 fully saturated rings. The average molecular weight is 909 g/mol. The van der Waals surface area contributed by atoms with Crippen LogP contribution in [0, 0.1) is 5.41 Å². The minimum absolute atomic E-state index is 0.408. The van der Waals surface area contributed by atoms with Gasteiger partial charge in [-0.1, -0.05) is 164 Å². The SMILES string of the molecule is N=c1c2cccc(-c3cccc(-c4nc(-c5ccccc5)nc(-c5ccccc5)n4)c3)c2oc2c(-n3c4ccccc4c4cc(-c5ccc6c(c5)c5ccccc5n6-c5ccccc5)ccc43)cccc12. The number of para-hydroxylation sites is 5. The number of nitrogens with zero attached hydrogens (tertiary/aromatic N) is 5. The third kappa shape index (κ3) is 6.59. The van der Waals surface area contributed by atoms with Gasteiger partial charge in [0.1, 0.15) is 5.58 Å². The molecule has 0 amide bonds. The van der Waals surface area contributed by atoms with Crippen molar-refractivity contribution in [3.05, 3.63) is 242 Å². The molecule has 0 aliphatic carbocycles. The van der Waals surface area contributed by atoms with Crippen molar-refractivity contribution in [2.75, 3.05) is 0 Å². The zero-order valence-corrected chi connectivity index (χ0v) is 38.2. The summed E-state index contributed by atoms with van der Waals surface area (Å²) in [6.07, 6.45) is 0. The van der Waals surface area contributed by atoms with Gasteiger partial charge in [-0.3, -0.25) is 5.41 Å². The van der Waals surface area contributed by atoms with Crippen molar-refractivity contribution in [1.29, 1.82) is 5.41 Å². The third-order valence-electron chi connectivity index (χ3n) is 13.8. The smallest absolute Gasteiger partial charge is 0.164 e. The molecule has 332 valence electrons. The number of rotatable bonds is 7. The van der Waals surface area contributed by atoms with E-state index in [0.717, 1.165) is 82.9 Å². The highest BCUT2D eigenvalue weighted by molar-refractivity contribution is 6.13. The second kappa shape index (κ2) is 16.2. The molecule has 0 saturated carbocycles. The summed E-state index contributed by atoms with van der Waals surface area (Å²) in [5, 5.41) is 16.3. The van der Waals surface area contributed by atoms with Gasteiger partial charge in [-0.25, -0.2) is 15.0 Å². The van der Waals surface area contributed by atoms with Gasteiger partial charge in [0.25, 0.3) is 0 Å². The van der Waals surface area contributed by atoms with E-state index >= 15 is 0 Å². The fourth-order valence-electron chi connectivity index (χ4n) is 10.5. The normalized spacial score (nSPS) is 11.7. The summed E-state index contributed by atoms with van der Waals surface area (Å²) in [5.41, 5.74) is 14.5. The zero-order chi connectivity index (χ0) is 47.0. The van der Waals surface area contributed by atoms with Crippen LogP contribution >= 0.6 is 0 Å². The monoisotopic (exact) mass is 908 g/mol. The lowest BCUT2D eigenvalue weighted by Crippen LogP contribution is -2.05. The fourth-order valence-corrected chi connectivity index (χ4v) is 10.5. The van der Waals surface area contributed by atoms with Crippen LogP contribution in [0.3, 0.4) is 0 Å². The predicted molar refractivity (Wildman–Crippen MR) is 289 cm³/mol. The number of hydrogen-bond acceptors (Lipinski definition) is 5. The van der Waals surface area contributed by atoms with Crippen LogP contribution < -0.4 is 5.36 Å². The van der Waals surface area contributed by atoms with Gasteiger partial charge in [-0.05, 0) is 89.5 Å². The first-order chi connectivity index (χ1) is 35.1. The Bertz CT molecular complexity index is 4420. The highest BCUT2D eigenvalue weighted by Crippen LogP contribution is 2.40. The number of aromatic nitrogens is 5. The molecule has 0 aliphatic rings. The molecular formula is C64H40N6O. The molecule has 0 bridgehead atoms. The van der Waals surface area contributed by atoms with E-state index in [1.54, 1.807) is 0 Å². The van der Waals surface area contributed by atoms with Crippen molar-refractivity contribution in [2.45, 2.75) is 0 Å². The van der Waals surface area contributed by atoms with Crippen LogP contribution in [0.25, 0.3) is 133 Å². The topological polar surface area (TPSA) is 85.5 Å². The van der Waals surface area contributed by atoms with E-state index in [0.29, 0.717) is 34.0 Å². The standard InChI is InChI=1S/C64H40N6O/c65-59-50-28-15-27-47(44-21-14-22-45(37-44)64-67-62(40-17-4-1-5-18-40)66-63(68-64)41-19-6-2-7-20-41)60(50)71-61-51(59)29-16-32-58(61)70-55-31-13-11-26-49(55)53-39-43(34-36-57(53)70)42-33-35-56-52(38-42)48-25-10-12-30-54(48)69(56)46-23-8-3-9-24-46/h1-39,65H. The molecule has 7 heteroatoms. The maximum Gasteiger partial charge on any atom is 0.164 e. The van der Waals surface area contributed by atoms with Crippen LogP contribution in [0.1, 0.15) is 0 Å². The molecular weight excluding hydrogens is 869 g/mol. The molecule has 0 atom stereocenters. The van der Waals surface area contributed by atoms with Crippen molar-refractivity contribution < 1.29 is 4.42 Å². The molecule has 10 aromatic carbocycles. The van der Waals surface area contributed by atoms with E-state index in [2.05, 4.69) is 149 Å². The maximum absolute atomic E-state index is 9.71. The van der Waals surface area contributed by atoms with E-state index in [1.807, 2.05) is 97.1 Å². The van der Waals surface area contributed by atoms with E-state index < -0.39 is 0 Å². The van der Waals surface area contributed by atoms with Gasteiger partial charge in [-0.15, -0.1) is 0 Å². The van der Waals surface area contributed by atoms with Crippen LogP contribution in [-0.4, -0.2) is 24.1 Å². The lowest BCUT2D eigenvalue weighted by molar-refractivity contribution is 0.658. The molecule has 71 heavy (non-hydrogen) atoms. The molecule has 7 nitrogen and oxygen atoms in total. The first-order valence-electron chi connectivity index (χ1n) is 23.8. The van der Waals surface area contributed by atoms with E-state index in [4.69, 9.17) is 19.4 Å². The third-order valence-corrected chi connectivity index (χ3v) is 13.8. The molecule has 1 N–H and O–H groups in total. The van der Waals surface area contributed by atoms with Gasteiger partial charge in [0, 0.05) is 60.3 Å². The summed E-state index contributed by atoms with van der Waals surface area (Å²) in [6.45, 7) is 0. The van der Waals surface area contributed by atoms with Crippen molar-refractivity contribution in [1.82, 2.24) is 24.1 Å². The van der Waals surface area contributed by atoms with Crippen molar-refractivity contribution in [3.8, 4) is 67.8 Å². The first kappa shape index (κ1) is 40.4. The Kier molecular flexibility index (Phi) is 9.22. The Morgan fingerprint density at radius 1 is 0.310 bits per heavy atom. The quantitative estimate of drug-likeness (QED) is 0.161. The minimum atomic E-state index is 0.408. The van der Waals surface area contributed by atoms with Crippen LogP contribution in [0.2, 0.25) is 0 Å². The molecule has 0 spiro atoms. The summed E-state index contributed by atoms with van der Waals surface area (Å²) < 4.78 is 11.8. The lowest BCUT2D eigenvalue weighted by Gasteiger charge is -2.14. The maximum atomic E-state index is 9.71. The number of fused-ring (bicyclic) bond motifs is 8. The first-order valence-corrected chi connectivity index (χ1v) is 23.8. The van der Waals surface area contributed by atoms with Gasteiger partial charge in [0.15, 0.2) is 23.1 Å². The predicted octanol–water partition coefficient (Wildman–Crippen LogP) is 15.8. The fraction of sp³-hybridized carbons (Fsp3) is 0. The Hall–Kier alpha value is -9.72. The van der Waals surface area contributed by atoms with Crippen LogP contribution in [0.5, 0.6) is 0 Å². The molecule has 0 unspecified atom stereocenters. The summed E-state index contributed by atoms with van der Waals surface area (Å²) in [5.74, 6) is 1.77. The zero-order valence-electron chi connectivity index (χ0n) is 38.2. The Morgan fingerprint density at radius 2 is 0.761 bits per heavy atom. The van der Waals surface area contributed by atoms with E-state index in [1.165, 1.54) is 21.8 Å². The Morgan fingerprint density at radius 3 is 1.39 bits per heavy atom. The Balaban J connectivity index is 0.912. The number of benzene rings is 10. The molecule has 0 radical (unpaired) electrons. The Labute approximate surface area is 407 Å².